The van der Waals surface area contributed by atoms with Crippen molar-refractivity contribution in [3.05, 3.63) is 277 Å². The maximum Gasteiger partial charge on any atom is 0.159 e. The predicted octanol–water partition coefficient (Wildman–Crippen LogP) is 16.9. The van der Waals surface area contributed by atoms with Crippen LogP contribution in [0.4, 0.5) is 0 Å². The Hall–Kier alpha value is -9.12. The molecule has 3 atom stereocenters. The van der Waals surface area contributed by atoms with E-state index in [0.29, 0.717) is 17.7 Å². The molecule has 0 saturated carbocycles. The molecule has 4 heteroatoms. The lowest BCUT2D eigenvalue weighted by molar-refractivity contribution is 0.669. The lowest BCUT2D eigenvalue weighted by Crippen LogP contribution is -2.33. The van der Waals surface area contributed by atoms with E-state index >= 15 is 0 Å². The van der Waals surface area contributed by atoms with Crippen LogP contribution in [0.5, 0.6) is 0 Å². The smallest absolute Gasteiger partial charge is 0.159 e. The summed E-state index contributed by atoms with van der Waals surface area (Å²) in [6, 6.07) is 80.6. The van der Waals surface area contributed by atoms with Gasteiger partial charge >= 0.3 is 0 Å². The molecule has 14 rings (SSSR count). The minimum atomic E-state index is -0.277. The summed E-state index contributed by atoms with van der Waals surface area (Å²) in [7, 11) is 0. The molecule has 0 radical (unpaired) electrons. The summed E-state index contributed by atoms with van der Waals surface area (Å²) in [5.74, 6) is 2.19. The Balaban J connectivity index is 0.773. The molecule has 71 heavy (non-hydrogen) atoms. The number of hydrogen-bond donors (Lipinski definition) is 1. The Labute approximate surface area is 412 Å². The van der Waals surface area contributed by atoms with E-state index < -0.39 is 0 Å². The normalized spacial score (nSPS) is 16.8. The van der Waals surface area contributed by atoms with Gasteiger partial charge in [0.1, 0.15) is 23.2 Å². The monoisotopic (exact) mass is 907 g/mol. The number of rotatable bonds is 7. The van der Waals surface area contributed by atoms with Crippen molar-refractivity contribution in [1.82, 2.24) is 5.32 Å². The molecular weight excluding hydrogens is 863 g/mol. The summed E-state index contributed by atoms with van der Waals surface area (Å²) in [6.07, 6.45) is 8.86. The second kappa shape index (κ2) is 16.8. The van der Waals surface area contributed by atoms with Gasteiger partial charge in [0, 0.05) is 33.7 Å². The second-order valence-corrected chi connectivity index (χ2v) is 18.8. The summed E-state index contributed by atoms with van der Waals surface area (Å²) >= 11 is 0. The standard InChI is InChI=1S/C67H45N3O/c1-3-15-42(16-4-1)65-68-66(43-17-5-2-6-18-43)70-67(69-65)60-30-14-28-52-51(27-13-29-56(52)60)50-32-35-59-62-40-49(33-36-63(62)71-64(59)41-50)47-22-12-20-45(38-47)44-19-11-21-46(37-44)48-31-34-58-55-25-8-7-23-53(55)54-24-9-10-26-57(54)61(58)39-48/h1-41,54,57,65H,(H,68,69,70). The molecule has 0 fully saturated rings. The van der Waals surface area contributed by atoms with Gasteiger partial charge in [-0.1, -0.05) is 206 Å². The highest BCUT2D eigenvalue weighted by Crippen LogP contribution is 2.50. The molecule has 3 unspecified atom stereocenters. The van der Waals surface area contributed by atoms with E-state index in [0.717, 1.165) is 77.5 Å². The second-order valence-electron chi connectivity index (χ2n) is 18.8. The van der Waals surface area contributed by atoms with E-state index in [4.69, 9.17) is 14.4 Å². The molecule has 11 aromatic rings. The molecule has 2 heterocycles. The van der Waals surface area contributed by atoms with Gasteiger partial charge in [0.15, 0.2) is 5.84 Å². The average molecular weight is 908 g/mol. The lowest BCUT2D eigenvalue weighted by Gasteiger charge is -2.34. The van der Waals surface area contributed by atoms with Crippen molar-refractivity contribution < 1.29 is 4.42 Å². The van der Waals surface area contributed by atoms with Crippen molar-refractivity contribution >= 4 is 44.4 Å². The maximum absolute atomic E-state index is 6.62. The van der Waals surface area contributed by atoms with Gasteiger partial charge in [-0.15, -0.1) is 0 Å². The summed E-state index contributed by atoms with van der Waals surface area (Å²) in [4.78, 5) is 10.2. The fourth-order valence-corrected chi connectivity index (χ4v) is 11.3. The summed E-state index contributed by atoms with van der Waals surface area (Å²) in [5.41, 5.74) is 19.7. The number of aliphatic imine (C=N–C) groups is 2. The van der Waals surface area contributed by atoms with Gasteiger partial charge in [-0.2, -0.15) is 0 Å². The van der Waals surface area contributed by atoms with Gasteiger partial charge in [0.2, 0.25) is 0 Å². The van der Waals surface area contributed by atoms with Gasteiger partial charge in [0.25, 0.3) is 0 Å². The first-order valence-electron chi connectivity index (χ1n) is 24.5. The number of fused-ring (bicyclic) bond motifs is 10. The molecule has 0 bridgehead atoms. The zero-order valence-electron chi connectivity index (χ0n) is 38.7. The molecule has 2 aliphatic carbocycles. The average Bonchev–Trinajstić information content (AvgIpc) is 3.82. The fourth-order valence-electron chi connectivity index (χ4n) is 11.3. The van der Waals surface area contributed by atoms with E-state index in [9.17, 15) is 0 Å². The Morgan fingerprint density at radius 1 is 0.352 bits per heavy atom. The van der Waals surface area contributed by atoms with Crippen LogP contribution in [0.1, 0.15) is 45.8 Å². The molecular formula is C67H45N3O. The molecule has 0 saturated heterocycles. The molecule has 1 aromatic heterocycles. The Morgan fingerprint density at radius 3 is 1.68 bits per heavy atom. The Kier molecular flexibility index (Phi) is 9.70. The third-order valence-corrected chi connectivity index (χ3v) is 14.7. The lowest BCUT2D eigenvalue weighted by atomic mass is 9.69. The van der Waals surface area contributed by atoms with E-state index in [-0.39, 0.29) is 6.17 Å². The van der Waals surface area contributed by atoms with E-state index in [1.54, 1.807) is 0 Å². The molecule has 0 spiro atoms. The Bertz CT molecular complexity index is 4040. The maximum atomic E-state index is 6.62. The van der Waals surface area contributed by atoms with Crippen LogP contribution in [0, 0.1) is 0 Å². The van der Waals surface area contributed by atoms with Crippen LogP contribution in [-0.4, -0.2) is 11.7 Å². The van der Waals surface area contributed by atoms with Gasteiger partial charge in [-0.3, -0.25) is 0 Å². The molecule has 334 valence electrons. The number of hydrogen-bond acceptors (Lipinski definition) is 4. The van der Waals surface area contributed by atoms with E-state index in [1.807, 2.05) is 24.3 Å². The summed E-state index contributed by atoms with van der Waals surface area (Å²) in [6.45, 7) is 0. The van der Waals surface area contributed by atoms with Crippen molar-refractivity contribution in [1.29, 1.82) is 0 Å². The SMILES string of the molecule is C1=CC2c3ccccc3-c3ccc(-c4cccc(-c5cccc(-c6ccc7oc8cc(-c9cccc%10c(C%11=NC(c%12ccccc%12)=NC(c%12ccccc%12)N%11)cccc9%10)ccc8c7c6)c5)c4)cc3C2C=C1. The minimum Gasteiger partial charge on any atom is -0.456 e. The Morgan fingerprint density at radius 2 is 0.915 bits per heavy atom. The topological polar surface area (TPSA) is 49.9 Å². The number of benzene rings is 10. The van der Waals surface area contributed by atoms with Crippen LogP contribution in [0.25, 0.3) is 88.3 Å². The first kappa shape index (κ1) is 40.9. The van der Waals surface area contributed by atoms with Crippen molar-refractivity contribution in [3.8, 4) is 55.6 Å². The zero-order valence-corrected chi connectivity index (χ0v) is 38.7. The van der Waals surface area contributed by atoms with Crippen molar-refractivity contribution in [2.45, 2.75) is 18.0 Å². The van der Waals surface area contributed by atoms with E-state index in [2.05, 4.69) is 230 Å². The van der Waals surface area contributed by atoms with Crippen LogP contribution < -0.4 is 5.32 Å². The molecule has 10 aromatic carbocycles. The third kappa shape index (κ3) is 7.14. The number of nitrogens with one attached hydrogen (secondary N) is 1. The van der Waals surface area contributed by atoms with E-state index in [1.165, 1.54) is 44.5 Å². The van der Waals surface area contributed by atoms with Crippen LogP contribution in [0.2, 0.25) is 0 Å². The molecule has 4 nitrogen and oxygen atoms in total. The van der Waals surface area contributed by atoms with Crippen molar-refractivity contribution in [2.24, 2.45) is 9.98 Å². The highest BCUT2D eigenvalue weighted by atomic mass is 16.3. The molecule has 3 aliphatic rings. The zero-order chi connectivity index (χ0) is 46.8. The van der Waals surface area contributed by atoms with Gasteiger partial charge in [-0.25, -0.2) is 9.98 Å². The quantitative estimate of drug-likeness (QED) is 0.173. The van der Waals surface area contributed by atoms with Crippen LogP contribution in [0.15, 0.2) is 263 Å². The third-order valence-electron chi connectivity index (χ3n) is 14.7. The molecule has 1 N–H and O–H groups in total. The highest BCUT2D eigenvalue weighted by molar-refractivity contribution is 6.19. The molecule has 0 amide bonds. The van der Waals surface area contributed by atoms with Crippen LogP contribution in [0.3, 0.4) is 0 Å². The summed E-state index contributed by atoms with van der Waals surface area (Å²) in [5, 5.41) is 8.11. The minimum absolute atomic E-state index is 0.277. The fraction of sp³-hybridized carbons (Fsp3) is 0.0448. The first-order valence-corrected chi connectivity index (χ1v) is 24.5. The van der Waals surface area contributed by atoms with Gasteiger partial charge in [0.05, 0.1) is 0 Å². The highest BCUT2D eigenvalue weighted by Gasteiger charge is 2.32. The van der Waals surface area contributed by atoms with Crippen LogP contribution >= 0.6 is 0 Å². The van der Waals surface area contributed by atoms with Crippen molar-refractivity contribution in [3.63, 3.8) is 0 Å². The summed E-state index contributed by atoms with van der Waals surface area (Å²) < 4.78 is 6.62. The van der Waals surface area contributed by atoms with Crippen molar-refractivity contribution in [2.75, 3.05) is 0 Å². The number of furan rings is 1. The first-order chi connectivity index (χ1) is 35.2. The van der Waals surface area contributed by atoms with Gasteiger partial charge < -0.3 is 9.73 Å². The molecule has 1 aliphatic heterocycles. The number of allylic oxidation sites excluding steroid dienone is 4. The van der Waals surface area contributed by atoms with Gasteiger partial charge in [-0.05, 0) is 126 Å². The predicted molar refractivity (Wildman–Crippen MR) is 294 cm³/mol. The number of nitrogens with zero attached hydrogens (tertiary/aromatic N) is 2. The van der Waals surface area contributed by atoms with Crippen LogP contribution in [-0.2, 0) is 0 Å². The largest absolute Gasteiger partial charge is 0.456 e. The number of amidine groups is 2.